The highest BCUT2D eigenvalue weighted by atomic mass is 16.6. The first-order valence-electron chi connectivity index (χ1n) is 8.19. The van der Waals surface area contributed by atoms with Gasteiger partial charge in [0.05, 0.1) is 11.0 Å². The zero-order chi connectivity index (χ0) is 20.1. The molecule has 0 N–H and O–H groups in total. The van der Waals surface area contributed by atoms with E-state index in [2.05, 4.69) is 0 Å². The topological polar surface area (TPSA) is 109 Å². The van der Waals surface area contributed by atoms with Gasteiger partial charge >= 0.3 is 6.09 Å². The number of pyridine rings is 1. The highest BCUT2D eigenvalue weighted by Gasteiger charge is 2.24. The van der Waals surface area contributed by atoms with Crippen molar-refractivity contribution in [2.45, 2.75) is 6.61 Å². The Balaban J connectivity index is 2.01. The Morgan fingerprint density at radius 1 is 0.964 bits per heavy atom. The van der Waals surface area contributed by atoms with Crippen LogP contribution in [-0.2, 0) is 11.3 Å². The first kappa shape index (κ1) is 18.7. The van der Waals surface area contributed by atoms with Crippen LogP contribution in [0.1, 0.15) is 21.6 Å². The third-order valence-corrected chi connectivity index (χ3v) is 3.88. The van der Waals surface area contributed by atoms with E-state index in [1.165, 1.54) is 12.1 Å². The minimum absolute atomic E-state index is 0.123. The molecule has 0 saturated carbocycles. The van der Waals surface area contributed by atoms with Crippen LogP contribution in [0, 0.1) is 10.1 Å². The van der Waals surface area contributed by atoms with Crippen LogP contribution in [0.3, 0.4) is 0 Å². The van der Waals surface area contributed by atoms with Gasteiger partial charge in [0.15, 0.2) is 0 Å². The monoisotopic (exact) mass is 378 g/mol. The molecule has 140 valence electrons. The molecule has 0 aliphatic heterocycles. The van der Waals surface area contributed by atoms with Gasteiger partial charge in [-0.05, 0) is 5.56 Å². The van der Waals surface area contributed by atoms with E-state index in [0.717, 1.165) is 6.07 Å². The van der Waals surface area contributed by atoms with Gasteiger partial charge < -0.3 is 4.74 Å². The summed E-state index contributed by atoms with van der Waals surface area (Å²) in [5.74, 6) is -0.710. The zero-order valence-electron chi connectivity index (χ0n) is 14.5. The van der Waals surface area contributed by atoms with E-state index < -0.39 is 33.7 Å². The highest BCUT2D eigenvalue weighted by molar-refractivity contribution is 6.09. The molecule has 0 spiro atoms. The maximum absolute atomic E-state index is 12.8. The van der Waals surface area contributed by atoms with Gasteiger partial charge in [0.25, 0.3) is 11.2 Å². The number of carbonyl (C=O) groups is 2. The van der Waals surface area contributed by atoms with Crippen molar-refractivity contribution in [1.29, 1.82) is 0 Å². The van der Waals surface area contributed by atoms with Gasteiger partial charge in [-0.1, -0.05) is 60.7 Å². The van der Waals surface area contributed by atoms with Gasteiger partial charge in [-0.25, -0.2) is 9.36 Å². The number of ketones is 1. The molecule has 8 nitrogen and oxygen atoms in total. The predicted octanol–water partition coefficient (Wildman–Crippen LogP) is 3.17. The van der Waals surface area contributed by atoms with Crippen LogP contribution in [0.2, 0.25) is 0 Å². The van der Waals surface area contributed by atoms with Gasteiger partial charge in [-0.15, -0.1) is 0 Å². The second-order valence-electron chi connectivity index (χ2n) is 5.76. The molecular weight excluding hydrogens is 364 g/mol. The van der Waals surface area contributed by atoms with Crippen LogP contribution in [0.25, 0.3) is 0 Å². The Labute approximate surface area is 158 Å². The fourth-order valence-electron chi connectivity index (χ4n) is 2.54. The zero-order valence-corrected chi connectivity index (χ0v) is 14.5. The summed E-state index contributed by atoms with van der Waals surface area (Å²) in [6.45, 7) is -0.123. The van der Waals surface area contributed by atoms with Crippen molar-refractivity contribution in [2.75, 3.05) is 0 Å². The molecule has 0 unspecified atom stereocenters. The van der Waals surface area contributed by atoms with Crippen molar-refractivity contribution in [3.63, 3.8) is 0 Å². The number of ether oxygens (including phenoxy) is 1. The molecule has 0 radical (unpaired) electrons. The molecule has 0 saturated heterocycles. The van der Waals surface area contributed by atoms with Gasteiger partial charge in [0.1, 0.15) is 12.3 Å². The fourth-order valence-corrected chi connectivity index (χ4v) is 2.54. The van der Waals surface area contributed by atoms with Crippen molar-refractivity contribution >= 4 is 17.6 Å². The lowest BCUT2D eigenvalue weighted by atomic mass is 10.1. The molecular formula is C20H14N2O6. The fraction of sp³-hybridized carbons (Fsp3) is 0.0500. The Bertz CT molecular complexity index is 1090. The Hall–Kier alpha value is -4.07. The summed E-state index contributed by atoms with van der Waals surface area (Å²) in [6.07, 6.45) is -1.09. The summed E-state index contributed by atoms with van der Waals surface area (Å²) >= 11 is 0. The second-order valence-corrected chi connectivity index (χ2v) is 5.76. The minimum atomic E-state index is -1.09. The summed E-state index contributed by atoms with van der Waals surface area (Å²) in [6, 6.07) is 18.2. The van der Waals surface area contributed by atoms with Crippen LogP contribution >= 0.6 is 0 Å². The number of hydrogen-bond donors (Lipinski definition) is 0. The molecule has 0 fully saturated rings. The lowest BCUT2D eigenvalue weighted by Crippen LogP contribution is -2.32. The number of aromatic nitrogens is 1. The highest BCUT2D eigenvalue weighted by Crippen LogP contribution is 2.16. The molecule has 0 atom stereocenters. The Morgan fingerprint density at radius 2 is 1.57 bits per heavy atom. The third kappa shape index (κ3) is 4.01. The van der Waals surface area contributed by atoms with Crippen molar-refractivity contribution in [3.8, 4) is 0 Å². The van der Waals surface area contributed by atoms with Gasteiger partial charge in [-0.3, -0.25) is 19.7 Å². The van der Waals surface area contributed by atoms with Crippen molar-refractivity contribution in [2.24, 2.45) is 0 Å². The number of rotatable bonds is 5. The first-order chi connectivity index (χ1) is 13.5. The van der Waals surface area contributed by atoms with E-state index in [0.29, 0.717) is 16.2 Å². The average molecular weight is 378 g/mol. The molecule has 28 heavy (non-hydrogen) atoms. The van der Waals surface area contributed by atoms with E-state index in [4.69, 9.17) is 4.74 Å². The SMILES string of the molecule is O=C(c1ccccc1)c1cc([N+](=O)[O-])cc(=O)n1C(=O)OCc1ccccc1. The van der Waals surface area contributed by atoms with E-state index in [1.54, 1.807) is 48.5 Å². The Kier molecular flexibility index (Phi) is 5.40. The molecule has 0 aliphatic carbocycles. The van der Waals surface area contributed by atoms with E-state index >= 15 is 0 Å². The van der Waals surface area contributed by atoms with Crippen LogP contribution in [-0.4, -0.2) is 21.4 Å². The maximum Gasteiger partial charge on any atom is 0.421 e. The molecule has 1 heterocycles. The molecule has 2 aromatic carbocycles. The summed E-state index contributed by atoms with van der Waals surface area (Å²) in [5, 5.41) is 11.1. The van der Waals surface area contributed by atoms with E-state index in [9.17, 15) is 24.5 Å². The second kappa shape index (κ2) is 8.09. The smallest absolute Gasteiger partial charge is 0.421 e. The number of carbonyl (C=O) groups excluding carboxylic acids is 2. The molecule has 1 aromatic heterocycles. The van der Waals surface area contributed by atoms with Gasteiger partial charge in [-0.2, -0.15) is 0 Å². The van der Waals surface area contributed by atoms with Crippen molar-refractivity contribution in [3.05, 3.63) is 110 Å². The molecule has 3 rings (SSSR count). The van der Waals surface area contributed by atoms with Gasteiger partial charge in [0, 0.05) is 11.6 Å². The summed E-state index contributed by atoms with van der Waals surface area (Å²) < 4.78 is 5.63. The standard InChI is InChI=1S/C20H14N2O6/c23-18-12-16(22(26)27)11-17(19(24)15-9-5-2-6-10-15)21(18)20(25)28-13-14-7-3-1-4-8-14/h1-12H,13H2. The van der Waals surface area contributed by atoms with Crippen molar-refractivity contribution < 1.29 is 19.2 Å². The molecule has 8 heteroatoms. The van der Waals surface area contributed by atoms with Gasteiger partial charge in [0.2, 0.25) is 5.78 Å². The number of nitrogens with zero attached hydrogens (tertiary/aromatic N) is 2. The maximum atomic E-state index is 12.8. The van der Waals surface area contributed by atoms with Crippen molar-refractivity contribution in [1.82, 2.24) is 4.57 Å². The first-order valence-corrected chi connectivity index (χ1v) is 8.19. The molecule has 0 bridgehead atoms. The van der Waals surface area contributed by atoms with Crippen LogP contribution in [0.4, 0.5) is 10.5 Å². The van der Waals surface area contributed by atoms with E-state index in [-0.39, 0.29) is 12.2 Å². The number of benzene rings is 2. The largest absolute Gasteiger partial charge is 0.444 e. The van der Waals surface area contributed by atoms with Crippen LogP contribution in [0.15, 0.2) is 77.6 Å². The van der Waals surface area contributed by atoms with Crippen LogP contribution in [0.5, 0.6) is 0 Å². The lowest BCUT2D eigenvalue weighted by Gasteiger charge is -2.11. The molecule has 3 aromatic rings. The quantitative estimate of drug-likeness (QED) is 0.383. The lowest BCUT2D eigenvalue weighted by molar-refractivity contribution is -0.385. The minimum Gasteiger partial charge on any atom is -0.444 e. The summed E-state index contributed by atoms with van der Waals surface area (Å²) in [5.41, 5.74) is -1.19. The summed E-state index contributed by atoms with van der Waals surface area (Å²) in [4.78, 5) is 47.9. The molecule has 0 aliphatic rings. The van der Waals surface area contributed by atoms with Crippen LogP contribution < -0.4 is 5.56 Å². The number of nitro groups is 1. The summed E-state index contributed by atoms with van der Waals surface area (Å²) in [7, 11) is 0. The predicted molar refractivity (Wildman–Crippen MR) is 99.3 cm³/mol. The Morgan fingerprint density at radius 3 is 2.18 bits per heavy atom. The van der Waals surface area contributed by atoms with E-state index in [1.807, 2.05) is 0 Å². The normalized spacial score (nSPS) is 10.3. The molecule has 0 amide bonds. The average Bonchev–Trinajstić information content (AvgIpc) is 2.72. The number of hydrogen-bond acceptors (Lipinski definition) is 6. The third-order valence-electron chi connectivity index (χ3n) is 3.88.